The molecule has 0 aliphatic rings. The van der Waals surface area contributed by atoms with E-state index in [2.05, 4.69) is 34.6 Å². The van der Waals surface area contributed by atoms with Crippen LogP contribution in [0.1, 0.15) is 131 Å². The molecular weight excluding hydrogens is 348 g/mol. The minimum Gasteiger partial charge on any atom is -0.434 e. The van der Waals surface area contributed by atoms with Crippen LogP contribution in [-0.4, -0.2) is 19.4 Å². The molecule has 0 aromatic carbocycles. The van der Waals surface area contributed by atoms with Crippen LogP contribution in [0.2, 0.25) is 0 Å². The molecule has 0 aromatic heterocycles. The minimum atomic E-state index is -0.479. The maximum absolute atomic E-state index is 11.9. The van der Waals surface area contributed by atoms with E-state index in [4.69, 9.17) is 9.47 Å². The smallest absolute Gasteiger partial charge is 0.434 e. The average molecular weight is 399 g/mol. The molecule has 1 atom stereocenters. The van der Waals surface area contributed by atoms with Crippen molar-refractivity contribution in [3.05, 3.63) is 0 Å². The van der Waals surface area contributed by atoms with Gasteiger partial charge in [-0.3, -0.25) is 0 Å². The maximum Gasteiger partial charge on any atom is 0.508 e. The number of carbonyl (C=O) groups excluding carboxylic acids is 1. The zero-order valence-electron chi connectivity index (χ0n) is 19.8. The Morgan fingerprint density at radius 1 is 0.714 bits per heavy atom. The summed E-state index contributed by atoms with van der Waals surface area (Å²) in [4.78, 5) is 11.9. The highest BCUT2D eigenvalue weighted by atomic mass is 16.7. The summed E-state index contributed by atoms with van der Waals surface area (Å²) in [6.07, 6.45) is 18.2. The number of ether oxygens (including phenoxy) is 2. The fourth-order valence-corrected chi connectivity index (χ4v) is 3.55. The zero-order chi connectivity index (χ0) is 21.1. The lowest BCUT2D eigenvalue weighted by atomic mass is 9.91. The summed E-state index contributed by atoms with van der Waals surface area (Å²) >= 11 is 0. The van der Waals surface area contributed by atoms with Crippen molar-refractivity contribution in [1.29, 1.82) is 0 Å². The predicted octanol–water partition coefficient (Wildman–Crippen LogP) is 8.69. The van der Waals surface area contributed by atoms with Crippen molar-refractivity contribution in [3.8, 4) is 0 Å². The van der Waals surface area contributed by atoms with Gasteiger partial charge in [0.05, 0.1) is 13.2 Å². The van der Waals surface area contributed by atoms with Gasteiger partial charge in [0.15, 0.2) is 0 Å². The Kier molecular flexibility index (Phi) is 17.8. The second-order valence-corrected chi connectivity index (χ2v) is 9.70. The quantitative estimate of drug-likeness (QED) is 0.171. The van der Waals surface area contributed by atoms with Gasteiger partial charge in [0, 0.05) is 0 Å². The first kappa shape index (κ1) is 27.3. The van der Waals surface area contributed by atoms with Gasteiger partial charge in [-0.05, 0) is 37.0 Å². The van der Waals surface area contributed by atoms with Crippen LogP contribution in [0.25, 0.3) is 0 Å². The summed E-state index contributed by atoms with van der Waals surface area (Å²) in [5.41, 5.74) is 0.285. The van der Waals surface area contributed by atoms with Gasteiger partial charge in [-0.1, -0.05) is 105 Å². The molecule has 1 unspecified atom stereocenters. The van der Waals surface area contributed by atoms with Crippen LogP contribution in [0.5, 0.6) is 0 Å². The lowest BCUT2D eigenvalue weighted by molar-refractivity contribution is 0.0392. The van der Waals surface area contributed by atoms with Crippen LogP contribution in [-0.2, 0) is 9.47 Å². The van der Waals surface area contributed by atoms with Gasteiger partial charge in [-0.2, -0.15) is 0 Å². The zero-order valence-corrected chi connectivity index (χ0v) is 19.8. The first-order chi connectivity index (χ1) is 13.4. The molecule has 3 nitrogen and oxygen atoms in total. The molecule has 0 heterocycles. The molecule has 0 N–H and O–H groups in total. The van der Waals surface area contributed by atoms with Gasteiger partial charge in [0.25, 0.3) is 0 Å². The molecule has 0 fully saturated rings. The van der Waals surface area contributed by atoms with E-state index in [-0.39, 0.29) is 5.41 Å². The van der Waals surface area contributed by atoms with Gasteiger partial charge < -0.3 is 9.47 Å². The second kappa shape index (κ2) is 18.3. The fourth-order valence-electron chi connectivity index (χ4n) is 3.55. The number of hydrogen-bond donors (Lipinski definition) is 0. The third-order valence-electron chi connectivity index (χ3n) is 5.41. The first-order valence-corrected chi connectivity index (χ1v) is 12.2. The summed E-state index contributed by atoms with van der Waals surface area (Å²) in [6, 6.07) is 0. The van der Waals surface area contributed by atoms with E-state index in [0.29, 0.717) is 19.1 Å². The molecule has 0 amide bonds. The number of hydrogen-bond acceptors (Lipinski definition) is 3. The van der Waals surface area contributed by atoms with Gasteiger partial charge in [0.2, 0.25) is 0 Å². The van der Waals surface area contributed by atoms with Crippen molar-refractivity contribution < 1.29 is 14.3 Å². The van der Waals surface area contributed by atoms with Crippen molar-refractivity contribution in [2.45, 2.75) is 131 Å². The van der Waals surface area contributed by atoms with Crippen LogP contribution in [0.4, 0.5) is 4.79 Å². The molecule has 168 valence electrons. The SMILES string of the molecule is CCCCCCCCC(CCCCCCC)COC(=O)OCCCC(C)(C)C. The van der Waals surface area contributed by atoms with Crippen molar-refractivity contribution in [2.75, 3.05) is 13.2 Å². The topological polar surface area (TPSA) is 35.5 Å². The number of unbranched alkanes of at least 4 members (excludes halogenated alkanes) is 9. The number of carbonyl (C=O) groups is 1. The van der Waals surface area contributed by atoms with Crippen LogP contribution >= 0.6 is 0 Å². The predicted molar refractivity (Wildman–Crippen MR) is 121 cm³/mol. The Morgan fingerprint density at radius 3 is 1.71 bits per heavy atom. The van der Waals surface area contributed by atoms with Gasteiger partial charge in [-0.15, -0.1) is 0 Å². The normalized spacial score (nSPS) is 12.8. The van der Waals surface area contributed by atoms with Gasteiger partial charge >= 0.3 is 6.16 Å². The molecular formula is C25H50O3. The largest absolute Gasteiger partial charge is 0.508 e. The third kappa shape index (κ3) is 20.0. The van der Waals surface area contributed by atoms with Crippen molar-refractivity contribution >= 4 is 6.16 Å². The van der Waals surface area contributed by atoms with E-state index in [1.165, 1.54) is 83.5 Å². The lowest BCUT2D eigenvalue weighted by Crippen LogP contribution is -2.16. The highest BCUT2D eigenvalue weighted by molar-refractivity contribution is 5.59. The summed E-state index contributed by atoms with van der Waals surface area (Å²) < 4.78 is 10.7. The minimum absolute atomic E-state index is 0.285. The maximum atomic E-state index is 11.9. The summed E-state index contributed by atoms with van der Waals surface area (Å²) in [5.74, 6) is 0.495. The Labute approximate surface area is 176 Å². The Bertz CT molecular complexity index is 346. The van der Waals surface area contributed by atoms with Crippen molar-refractivity contribution in [2.24, 2.45) is 11.3 Å². The molecule has 3 heteroatoms. The molecule has 0 aliphatic heterocycles. The molecule has 0 spiro atoms. The molecule has 0 saturated carbocycles. The van der Waals surface area contributed by atoms with E-state index < -0.39 is 6.16 Å². The van der Waals surface area contributed by atoms with E-state index in [1.807, 2.05) is 0 Å². The Balaban J connectivity index is 4.03. The second-order valence-electron chi connectivity index (χ2n) is 9.70. The lowest BCUT2D eigenvalue weighted by Gasteiger charge is -2.18. The van der Waals surface area contributed by atoms with Crippen LogP contribution in [0.15, 0.2) is 0 Å². The van der Waals surface area contributed by atoms with E-state index >= 15 is 0 Å². The highest BCUT2D eigenvalue weighted by Crippen LogP contribution is 2.21. The van der Waals surface area contributed by atoms with Crippen LogP contribution in [0.3, 0.4) is 0 Å². The Hall–Kier alpha value is -0.730. The molecule has 0 aromatic rings. The van der Waals surface area contributed by atoms with Crippen molar-refractivity contribution in [1.82, 2.24) is 0 Å². The fraction of sp³-hybridized carbons (Fsp3) is 0.960. The van der Waals surface area contributed by atoms with Crippen LogP contribution in [0, 0.1) is 11.3 Å². The van der Waals surface area contributed by atoms with Crippen LogP contribution < -0.4 is 0 Å². The highest BCUT2D eigenvalue weighted by Gasteiger charge is 2.14. The molecule has 28 heavy (non-hydrogen) atoms. The number of rotatable bonds is 18. The van der Waals surface area contributed by atoms with Gasteiger partial charge in [-0.25, -0.2) is 4.79 Å². The first-order valence-electron chi connectivity index (χ1n) is 12.2. The molecule has 0 saturated heterocycles. The monoisotopic (exact) mass is 398 g/mol. The third-order valence-corrected chi connectivity index (χ3v) is 5.41. The molecule has 0 aliphatic carbocycles. The average Bonchev–Trinajstić information content (AvgIpc) is 2.64. The van der Waals surface area contributed by atoms with Crippen molar-refractivity contribution in [3.63, 3.8) is 0 Å². The Morgan fingerprint density at radius 2 is 1.21 bits per heavy atom. The standard InChI is InChI=1S/C25H50O3/c1-6-8-10-12-14-16-19-23(18-15-13-11-9-7-2)22-28-24(26)27-21-17-20-25(3,4)5/h23H,6-22H2,1-5H3. The molecule has 0 rings (SSSR count). The summed E-state index contributed by atoms with van der Waals surface area (Å²) in [6.45, 7) is 12.1. The molecule has 0 radical (unpaired) electrons. The van der Waals surface area contributed by atoms with E-state index in [9.17, 15) is 4.79 Å². The van der Waals surface area contributed by atoms with Gasteiger partial charge in [0.1, 0.15) is 0 Å². The van der Waals surface area contributed by atoms with E-state index in [0.717, 1.165) is 12.8 Å². The molecule has 0 bridgehead atoms. The summed E-state index contributed by atoms with van der Waals surface area (Å²) in [5, 5.41) is 0. The summed E-state index contributed by atoms with van der Waals surface area (Å²) in [7, 11) is 0. The van der Waals surface area contributed by atoms with E-state index in [1.54, 1.807) is 0 Å².